The minimum Gasteiger partial charge on any atom is -0.343 e. The first-order chi connectivity index (χ1) is 9.16. The van der Waals surface area contributed by atoms with E-state index in [0.717, 1.165) is 12.8 Å². The van der Waals surface area contributed by atoms with E-state index in [2.05, 4.69) is 15.3 Å². The molecule has 1 aliphatic heterocycles. The molecule has 1 saturated heterocycles. The fourth-order valence-corrected chi connectivity index (χ4v) is 2.51. The highest BCUT2D eigenvalue weighted by Gasteiger charge is 2.46. The van der Waals surface area contributed by atoms with Crippen molar-refractivity contribution in [3.8, 4) is 0 Å². The van der Waals surface area contributed by atoms with Crippen LogP contribution in [0.25, 0.3) is 0 Å². The van der Waals surface area contributed by atoms with E-state index < -0.39 is 6.04 Å². The molecule has 2 fully saturated rings. The summed E-state index contributed by atoms with van der Waals surface area (Å²) in [6, 6.07) is 0.911. The third-order valence-corrected chi connectivity index (χ3v) is 3.62. The summed E-state index contributed by atoms with van der Waals surface area (Å²) in [5.41, 5.74) is 0. The molecule has 1 aliphatic carbocycles. The van der Waals surface area contributed by atoms with E-state index in [-0.39, 0.29) is 17.9 Å². The molecule has 1 aromatic heterocycles. The Morgan fingerprint density at radius 3 is 2.63 bits per heavy atom. The summed E-state index contributed by atoms with van der Waals surface area (Å²) in [7, 11) is 0. The molecule has 0 spiro atoms. The van der Waals surface area contributed by atoms with Gasteiger partial charge in [-0.15, -0.1) is 0 Å². The van der Waals surface area contributed by atoms with Gasteiger partial charge in [0.15, 0.2) is 0 Å². The van der Waals surface area contributed by atoms with Crippen LogP contribution < -0.4 is 5.32 Å². The molecule has 2 amide bonds. The molecule has 2 heterocycles. The lowest BCUT2D eigenvalue weighted by Crippen LogP contribution is -2.62. The molecule has 0 radical (unpaired) electrons. The molecule has 6 nitrogen and oxygen atoms in total. The van der Waals surface area contributed by atoms with Gasteiger partial charge in [-0.3, -0.25) is 9.59 Å². The zero-order valence-corrected chi connectivity index (χ0v) is 10.7. The second-order valence-corrected chi connectivity index (χ2v) is 5.14. The van der Waals surface area contributed by atoms with Crippen LogP contribution in [-0.2, 0) is 16.1 Å². The molecule has 2 unspecified atom stereocenters. The molecule has 19 heavy (non-hydrogen) atoms. The van der Waals surface area contributed by atoms with E-state index in [1.807, 2.05) is 0 Å². The number of rotatable bonds is 3. The summed E-state index contributed by atoms with van der Waals surface area (Å²) < 4.78 is 0. The summed E-state index contributed by atoms with van der Waals surface area (Å²) in [6.07, 6.45) is 5.30. The second kappa shape index (κ2) is 4.60. The number of hydrogen-bond acceptors (Lipinski definition) is 4. The molecule has 1 saturated carbocycles. The SMILES string of the molecule is CC1NC(=O)C(C2CC2)N(Cc2ncccn2)C1=O. The highest BCUT2D eigenvalue weighted by atomic mass is 16.2. The molecule has 6 heteroatoms. The van der Waals surface area contributed by atoms with Crippen LogP contribution in [0.15, 0.2) is 18.5 Å². The predicted octanol–water partition coefficient (Wildman–Crippen LogP) is 0.102. The summed E-state index contributed by atoms with van der Waals surface area (Å²) in [5, 5.41) is 2.75. The van der Waals surface area contributed by atoms with Crippen molar-refractivity contribution in [2.45, 2.75) is 38.4 Å². The third-order valence-electron chi connectivity index (χ3n) is 3.62. The Hall–Kier alpha value is -1.98. The van der Waals surface area contributed by atoms with Gasteiger partial charge in [0, 0.05) is 12.4 Å². The maximum atomic E-state index is 12.3. The van der Waals surface area contributed by atoms with Crippen molar-refractivity contribution >= 4 is 11.8 Å². The number of carbonyl (C=O) groups is 2. The predicted molar refractivity (Wildman–Crippen MR) is 66.7 cm³/mol. The van der Waals surface area contributed by atoms with E-state index in [9.17, 15) is 9.59 Å². The smallest absolute Gasteiger partial charge is 0.245 e. The first-order valence-electron chi connectivity index (χ1n) is 6.53. The van der Waals surface area contributed by atoms with Crippen molar-refractivity contribution in [1.29, 1.82) is 0 Å². The van der Waals surface area contributed by atoms with E-state index in [4.69, 9.17) is 0 Å². The van der Waals surface area contributed by atoms with Crippen LogP contribution in [0.3, 0.4) is 0 Å². The average Bonchev–Trinajstić information content (AvgIpc) is 3.21. The van der Waals surface area contributed by atoms with Gasteiger partial charge in [0.05, 0.1) is 6.54 Å². The van der Waals surface area contributed by atoms with Crippen LogP contribution >= 0.6 is 0 Å². The number of aromatic nitrogens is 2. The lowest BCUT2D eigenvalue weighted by atomic mass is 10.0. The Bertz CT molecular complexity index is 501. The third kappa shape index (κ3) is 2.30. The summed E-state index contributed by atoms with van der Waals surface area (Å²) in [6.45, 7) is 2.01. The van der Waals surface area contributed by atoms with Crippen molar-refractivity contribution in [3.05, 3.63) is 24.3 Å². The largest absolute Gasteiger partial charge is 0.343 e. The molecule has 2 atom stereocenters. The van der Waals surface area contributed by atoms with Gasteiger partial charge >= 0.3 is 0 Å². The summed E-state index contributed by atoms with van der Waals surface area (Å²) >= 11 is 0. The summed E-state index contributed by atoms with van der Waals surface area (Å²) in [5.74, 6) is 0.762. The van der Waals surface area contributed by atoms with Crippen molar-refractivity contribution in [3.63, 3.8) is 0 Å². The van der Waals surface area contributed by atoms with Gasteiger partial charge in [-0.1, -0.05) is 0 Å². The topological polar surface area (TPSA) is 75.2 Å². The Labute approximate surface area is 111 Å². The first kappa shape index (κ1) is 12.1. The molecular weight excluding hydrogens is 244 g/mol. The van der Waals surface area contributed by atoms with Crippen LogP contribution in [0, 0.1) is 5.92 Å². The molecule has 100 valence electrons. The van der Waals surface area contributed by atoms with Gasteiger partial charge in [-0.25, -0.2) is 9.97 Å². The number of amides is 2. The maximum absolute atomic E-state index is 12.3. The molecule has 1 N–H and O–H groups in total. The van der Waals surface area contributed by atoms with Crippen LogP contribution in [0.4, 0.5) is 0 Å². The van der Waals surface area contributed by atoms with Gasteiger partial charge in [0.2, 0.25) is 11.8 Å². The molecule has 1 aromatic rings. The number of carbonyl (C=O) groups excluding carboxylic acids is 2. The van der Waals surface area contributed by atoms with Crippen LogP contribution in [0.1, 0.15) is 25.6 Å². The molecular formula is C13H16N4O2. The quantitative estimate of drug-likeness (QED) is 0.836. The second-order valence-electron chi connectivity index (χ2n) is 5.14. The molecule has 0 aromatic carbocycles. The van der Waals surface area contributed by atoms with E-state index in [1.165, 1.54) is 0 Å². The van der Waals surface area contributed by atoms with Gasteiger partial charge in [0.1, 0.15) is 17.9 Å². The van der Waals surface area contributed by atoms with Crippen molar-refractivity contribution in [2.75, 3.05) is 0 Å². The fourth-order valence-electron chi connectivity index (χ4n) is 2.51. The van der Waals surface area contributed by atoms with Crippen molar-refractivity contribution in [2.24, 2.45) is 5.92 Å². The highest BCUT2D eigenvalue weighted by Crippen LogP contribution is 2.37. The molecule has 0 bridgehead atoms. The van der Waals surface area contributed by atoms with E-state index in [0.29, 0.717) is 18.3 Å². The molecule has 2 aliphatic rings. The normalized spacial score (nSPS) is 27.3. The monoisotopic (exact) mass is 260 g/mol. The Morgan fingerprint density at radius 1 is 1.32 bits per heavy atom. The Morgan fingerprint density at radius 2 is 2.00 bits per heavy atom. The van der Waals surface area contributed by atoms with E-state index >= 15 is 0 Å². The van der Waals surface area contributed by atoms with Gasteiger partial charge in [-0.05, 0) is 31.7 Å². The van der Waals surface area contributed by atoms with Crippen molar-refractivity contribution in [1.82, 2.24) is 20.2 Å². The van der Waals surface area contributed by atoms with Gasteiger partial charge in [0.25, 0.3) is 0 Å². The zero-order chi connectivity index (χ0) is 13.4. The number of nitrogens with zero attached hydrogens (tertiary/aromatic N) is 3. The van der Waals surface area contributed by atoms with Crippen molar-refractivity contribution < 1.29 is 9.59 Å². The minimum atomic E-state index is -0.466. The average molecular weight is 260 g/mol. The Kier molecular flexibility index (Phi) is 2.93. The van der Waals surface area contributed by atoms with Gasteiger partial charge < -0.3 is 10.2 Å². The number of nitrogens with one attached hydrogen (secondary N) is 1. The molecule has 3 rings (SSSR count). The maximum Gasteiger partial charge on any atom is 0.245 e. The number of hydrogen-bond donors (Lipinski definition) is 1. The van der Waals surface area contributed by atoms with Crippen LogP contribution in [0.5, 0.6) is 0 Å². The zero-order valence-electron chi connectivity index (χ0n) is 10.7. The fraction of sp³-hybridized carbons (Fsp3) is 0.538. The van der Waals surface area contributed by atoms with E-state index in [1.54, 1.807) is 30.3 Å². The number of piperazine rings is 1. The lowest BCUT2D eigenvalue weighted by Gasteiger charge is -2.37. The van der Waals surface area contributed by atoms with Crippen LogP contribution in [0.2, 0.25) is 0 Å². The highest BCUT2D eigenvalue weighted by molar-refractivity contribution is 5.97. The first-order valence-corrected chi connectivity index (χ1v) is 6.53. The summed E-state index contributed by atoms with van der Waals surface area (Å²) in [4.78, 5) is 34.3. The lowest BCUT2D eigenvalue weighted by molar-refractivity contribution is -0.150. The van der Waals surface area contributed by atoms with Crippen LogP contribution in [-0.4, -0.2) is 38.8 Å². The van der Waals surface area contributed by atoms with Gasteiger partial charge in [-0.2, -0.15) is 0 Å². The standard InChI is InChI=1S/C13H16N4O2/c1-8-13(19)17(7-10-14-5-2-6-15-10)11(9-3-4-9)12(18)16-8/h2,5-6,8-9,11H,3-4,7H2,1H3,(H,16,18). The minimum absolute atomic E-state index is 0.0504. The Balaban J connectivity index is 1.85.